The van der Waals surface area contributed by atoms with E-state index in [-0.39, 0.29) is 11.8 Å². The van der Waals surface area contributed by atoms with Gasteiger partial charge in [0.05, 0.1) is 16.9 Å². The van der Waals surface area contributed by atoms with Gasteiger partial charge < -0.3 is 20.1 Å². The summed E-state index contributed by atoms with van der Waals surface area (Å²) in [5.41, 5.74) is 3.95. The number of nitrogens with one attached hydrogen (secondary N) is 2. The van der Waals surface area contributed by atoms with Crippen molar-refractivity contribution in [1.29, 1.82) is 0 Å². The van der Waals surface area contributed by atoms with Crippen LogP contribution in [0.3, 0.4) is 0 Å². The van der Waals surface area contributed by atoms with Crippen LogP contribution in [-0.2, 0) is 6.54 Å². The molecule has 0 unspecified atom stereocenters. The maximum absolute atomic E-state index is 13.1. The molecule has 8 nitrogen and oxygen atoms in total. The number of benzene rings is 3. The van der Waals surface area contributed by atoms with Crippen molar-refractivity contribution >= 4 is 50.0 Å². The van der Waals surface area contributed by atoms with E-state index < -0.39 is 0 Å². The maximum Gasteiger partial charge on any atom is 0.255 e. The molecule has 3 aromatic carbocycles. The first-order chi connectivity index (χ1) is 18.5. The molecule has 2 amide bonds. The average molecular weight is 573 g/mol. The fourth-order valence-electron chi connectivity index (χ4n) is 4.45. The number of rotatable bonds is 6. The molecule has 1 saturated heterocycles. The number of ether oxygens (including phenoxy) is 2. The zero-order valence-corrected chi connectivity index (χ0v) is 22.1. The molecule has 0 spiro atoms. The van der Waals surface area contributed by atoms with Crippen LogP contribution < -0.4 is 20.1 Å². The first-order valence-electron chi connectivity index (χ1n) is 12.5. The smallest absolute Gasteiger partial charge is 0.255 e. The van der Waals surface area contributed by atoms with Crippen LogP contribution >= 0.6 is 15.9 Å². The number of amides is 2. The van der Waals surface area contributed by atoms with E-state index in [9.17, 15) is 9.59 Å². The van der Waals surface area contributed by atoms with Gasteiger partial charge in [-0.05, 0) is 96.1 Å². The Bertz CT molecular complexity index is 1550. The van der Waals surface area contributed by atoms with Gasteiger partial charge in [-0.15, -0.1) is 0 Å². The molecule has 192 valence electrons. The van der Waals surface area contributed by atoms with Crippen LogP contribution in [0.4, 0.5) is 11.4 Å². The van der Waals surface area contributed by atoms with E-state index in [4.69, 9.17) is 14.5 Å². The molecule has 0 radical (unpaired) electrons. The second-order valence-electron chi connectivity index (χ2n) is 9.30. The first-order valence-corrected chi connectivity index (χ1v) is 13.3. The van der Waals surface area contributed by atoms with Gasteiger partial charge in [0.15, 0.2) is 11.5 Å². The number of hydrogen-bond donors (Lipinski definition) is 2. The normalized spacial score (nSPS) is 14.6. The standard InChI is InChI=1S/C29H25BrN4O4/c30-23-7-6-21(32-28(35)20-4-9-26-27(15-20)38-13-12-37-26)16-25(23)33-29(36)19-3-8-24-18(14-19)2-5-22(31-24)17-34-10-1-11-34/h2-9,14-16H,1,10-13,17H2,(H,32,35)(H,33,36). The third kappa shape index (κ3) is 5.20. The topological polar surface area (TPSA) is 92.8 Å². The third-order valence-electron chi connectivity index (χ3n) is 6.62. The first kappa shape index (κ1) is 24.4. The van der Waals surface area contributed by atoms with Crippen LogP contribution in [0.1, 0.15) is 32.8 Å². The average Bonchev–Trinajstić information content (AvgIpc) is 2.92. The van der Waals surface area contributed by atoms with Gasteiger partial charge >= 0.3 is 0 Å². The molecule has 0 aliphatic carbocycles. The minimum Gasteiger partial charge on any atom is -0.486 e. The van der Waals surface area contributed by atoms with E-state index in [2.05, 4.69) is 31.5 Å². The van der Waals surface area contributed by atoms with Gasteiger partial charge in [0.25, 0.3) is 11.8 Å². The maximum atomic E-state index is 13.1. The summed E-state index contributed by atoms with van der Waals surface area (Å²) in [4.78, 5) is 33.1. The number of fused-ring (bicyclic) bond motifs is 2. The molecule has 2 aliphatic rings. The fraction of sp³-hybridized carbons (Fsp3) is 0.207. The Balaban J connectivity index is 1.15. The summed E-state index contributed by atoms with van der Waals surface area (Å²) in [6.07, 6.45) is 1.25. The van der Waals surface area contributed by atoms with E-state index in [1.54, 1.807) is 42.5 Å². The Morgan fingerprint density at radius 3 is 2.42 bits per heavy atom. The van der Waals surface area contributed by atoms with E-state index >= 15 is 0 Å². The molecule has 2 aliphatic heterocycles. The highest BCUT2D eigenvalue weighted by molar-refractivity contribution is 9.10. The van der Waals surface area contributed by atoms with Crippen molar-refractivity contribution in [2.24, 2.45) is 0 Å². The lowest BCUT2D eigenvalue weighted by molar-refractivity contribution is 0.101. The number of anilines is 2. The summed E-state index contributed by atoms with van der Waals surface area (Å²) < 4.78 is 11.8. The fourth-order valence-corrected chi connectivity index (χ4v) is 4.79. The lowest BCUT2D eigenvalue weighted by atomic mass is 10.1. The number of nitrogens with zero attached hydrogens (tertiary/aromatic N) is 2. The highest BCUT2D eigenvalue weighted by Crippen LogP contribution is 2.32. The largest absolute Gasteiger partial charge is 0.486 e. The Labute approximate surface area is 228 Å². The molecule has 9 heteroatoms. The minimum absolute atomic E-state index is 0.257. The van der Waals surface area contributed by atoms with Gasteiger partial charge in [-0.2, -0.15) is 0 Å². The summed E-state index contributed by atoms with van der Waals surface area (Å²) in [5, 5.41) is 6.72. The summed E-state index contributed by atoms with van der Waals surface area (Å²) in [7, 11) is 0. The Kier molecular flexibility index (Phi) is 6.70. The highest BCUT2D eigenvalue weighted by Gasteiger charge is 2.17. The second kappa shape index (κ2) is 10.4. The van der Waals surface area contributed by atoms with Crippen LogP contribution in [-0.4, -0.2) is 48.0 Å². The number of likely N-dealkylation sites (tertiary alicyclic amines) is 1. The molecular formula is C29H25BrN4O4. The third-order valence-corrected chi connectivity index (χ3v) is 7.31. The molecule has 3 heterocycles. The van der Waals surface area contributed by atoms with Crippen LogP contribution in [0.15, 0.2) is 71.2 Å². The van der Waals surface area contributed by atoms with E-state index in [0.29, 0.717) is 51.7 Å². The second-order valence-corrected chi connectivity index (χ2v) is 10.2. The van der Waals surface area contributed by atoms with Gasteiger partial charge in [-0.3, -0.25) is 19.5 Å². The number of carbonyl (C=O) groups is 2. The van der Waals surface area contributed by atoms with Crippen molar-refractivity contribution in [2.45, 2.75) is 13.0 Å². The predicted molar refractivity (Wildman–Crippen MR) is 149 cm³/mol. The van der Waals surface area contributed by atoms with Crippen LogP contribution in [0, 0.1) is 0 Å². The summed E-state index contributed by atoms with van der Waals surface area (Å²) in [6, 6.07) is 19.8. The van der Waals surface area contributed by atoms with Crippen LogP contribution in [0.2, 0.25) is 0 Å². The molecule has 1 aromatic heterocycles. The number of carbonyl (C=O) groups excluding carboxylic acids is 2. The molecule has 38 heavy (non-hydrogen) atoms. The quantitative estimate of drug-likeness (QED) is 0.318. The highest BCUT2D eigenvalue weighted by atomic mass is 79.9. The summed E-state index contributed by atoms with van der Waals surface area (Å²) in [5.74, 6) is 0.619. The lowest BCUT2D eigenvalue weighted by Gasteiger charge is -2.30. The van der Waals surface area contributed by atoms with Gasteiger partial charge in [-0.1, -0.05) is 6.07 Å². The molecule has 4 aromatic rings. The van der Waals surface area contributed by atoms with Crippen molar-refractivity contribution in [2.75, 3.05) is 36.9 Å². The minimum atomic E-state index is -0.294. The zero-order chi connectivity index (χ0) is 26.1. The van der Waals surface area contributed by atoms with Crippen LogP contribution in [0.25, 0.3) is 10.9 Å². The van der Waals surface area contributed by atoms with Crippen LogP contribution in [0.5, 0.6) is 11.5 Å². The molecule has 1 fully saturated rings. The number of aromatic nitrogens is 1. The van der Waals surface area contributed by atoms with Crippen molar-refractivity contribution in [3.63, 3.8) is 0 Å². The Hall–Kier alpha value is -3.95. The summed E-state index contributed by atoms with van der Waals surface area (Å²) in [6.45, 7) is 4.03. The van der Waals surface area contributed by atoms with Crippen molar-refractivity contribution in [1.82, 2.24) is 9.88 Å². The van der Waals surface area contributed by atoms with Gasteiger partial charge in [0, 0.05) is 33.2 Å². The summed E-state index contributed by atoms with van der Waals surface area (Å²) >= 11 is 3.49. The predicted octanol–water partition coefficient (Wildman–Crippen LogP) is 5.48. The number of hydrogen-bond acceptors (Lipinski definition) is 6. The molecule has 0 saturated carbocycles. The van der Waals surface area contributed by atoms with Gasteiger partial charge in [0.1, 0.15) is 13.2 Å². The van der Waals surface area contributed by atoms with Crippen molar-refractivity contribution < 1.29 is 19.1 Å². The van der Waals surface area contributed by atoms with E-state index in [1.165, 1.54) is 6.42 Å². The molecular weight excluding hydrogens is 548 g/mol. The van der Waals surface area contributed by atoms with E-state index in [0.717, 1.165) is 36.2 Å². The van der Waals surface area contributed by atoms with Crippen molar-refractivity contribution in [3.05, 3.63) is 88.0 Å². The van der Waals surface area contributed by atoms with Crippen molar-refractivity contribution in [3.8, 4) is 11.5 Å². The molecule has 6 rings (SSSR count). The van der Waals surface area contributed by atoms with Gasteiger partial charge in [0.2, 0.25) is 0 Å². The monoisotopic (exact) mass is 572 g/mol. The zero-order valence-electron chi connectivity index (χ0n) is 20.5. The molecule has 2 N–H and O–H groups in total. The van der Waals surface area contributed by atoms with Gasteiger partial charge in [-0.25, -0.2) is 0 Å². The molecule has 0 bridgehead atoms. The number of pyridine rings is 1. The van der Waals surface area contributed by atoms with E-state index in [1.807, 2.05) is 24.3 Å². The SMILES string of the molecule is O=C(Nc1ccc(Br)c(NC(=O)c2ccc3nc(CN4CCC4)ccc3c2)c1)c1ccc2c(c1)OCCO2. The number of halogens is 1. The lowest BCUT2D eigenvalue weighted by Crippen LogP contribution is -2.36. The Morgan fingerprint density at radius 2 is 1.61 bits per heavy atom. The Morgan fingerprint density at radius 1 is 0.842 bits per heavy atom. The molecule has 0 atom stereocenters.